The number of hydrazone groups is 1. The molecule has 2 rings (SSSR count). The van der Waals surface area contributed by atoms with E-state index in [0.717, 1.165) is 15.7 Å². The summed E-state index contributed by atoms with van der Waals surface area (Å²) in [5, 5.41) is 6.27. The second-order valence-corrected chi connectivity index (χ2v) is 9.29. The van der Waals surface area contributed by atoms with Crippen LogP contribution in [0.2, 0.25) is 0 Å². The first kappa shape index (κ1) is 23.2. The highest BCUT2D eigenvalue weighted by Gasteiger charge is 2.46. The Balaban J connectivity index is 2.51. The van der Waals surface area contributed by atoms with Crippen molar-refractivity contribution in [3.8, 4) is 0 Å². The molecule has 0 saturated heterocycles. The Morgan fingerprint density at radius 1 is 1.14 bits per heavy atom. The first-order valence-electron chi connectivity index (χ1n) is 8.62. The van der Waals surface area contributed by atoms with Crippen molar-refractivity contribution < 1.29 is 21.6 Å². The number of nitrogens with one attached hydrogen (secondary N) is 1. The van der Waals surface area contributed by atoms with E-state index in [4.69, 9.17) is 0 Å². The zero-order valence-corrected chi connectivity index (χ0v) is 18.7. The Labute approximate surface area is 176 Å². The van der Waals surface area contributed by atoms with Gasteiger partial charge in [-0.3, -0.25) is 9.73 Å². The molecule has 0 unspecified atom stereocenters. The molecule has 1 N–H and O–H groups in total. The van der Waals surface area contributed by atoms with Gasteiger partial charge in [-0.2, -0.15) is 26.7 Å². The lowest BCUT2D eigenvalue weighted by Crippen LogP contribution is -2.31. The lowest BCUT2D eigenvalue weighted by Gasteiger charge is -2.25. The van der Waals surface area contributed by atoms with E-state index in [0.29, 0.717) is 5.71 Å². The van der Waals surface area contributed by atoms with Gasteiger partial charge in [0.25, 0.3) is 0 Å². The number of sulfonamides is 1. The van der Waals surface area contributed by atoms with E-state index in [9.17, 15) is 21.6 Å². The van der Waals surface area contributed by atoms with Crippen molar-refractivity contribution >= 4 is 43.0 Å². The van der Waals surface area contributed by atoms with Crippen molar-refractivity contribution in [2.75, 3.05) is 9.73 Å². The van der Waals surface area contributed by atoms with Gasteiger partial charge in [0.1, 0.15) is 0 Å². The first-order chi connectivity index (χ1) is 13.3. The van der Waals surface area contributed by atoms with Gasteiger partial charge in [-0.05, 0) is 64.1 Å². The summed E-state index contributed by atoms with van der Waals surface area (Å²) in [5.74, 6) is 0. The number of benzene rings is 2. The van der Waals surface area contributed by atoms with E-state index in [2.05, 4.69) is 21.0 Å². The molecule has 158 valence electrons. The van der Waals surface area contributed by atoms with Crippen molar-refractivity contribution in [1.82, 2.24) is 0 Å². The quantitative estimate of drug-likeness (QED) is 0.418. The Morgan fingerprint density at radius 2 is 1.72 bits per heavy atom. The molecule has 0 spiro atoms. The minimum atomic E-state index is -5.55. The Hall–Kier alpha value is -2.07. The highest BCUT2D eigenvalue weighted by Crippen LogP contribution is 2.28. The minimum Gasteiger partial charge on any atom is -0.275 e. The van der Waals surface area contributed by atoms with Crippen LogP contribution in [0, 0.1) is 6.92 Å². The van der Waals surface area contributed by atoms with Crippen molar-refractivity contribution in [3.63, 3.8) is 0 Å². The standard InChI is InChI=1S/C19H21BrF3N3O2S/c1-12(2)26(16-8-6-15(20)7-9-16)24-14(4)17-11-13(3)5-10-18(17)25-29(27,28)19(21,22)23/h5-12,25H,1-4H3/b24-14+. The van der Waals surface area contributed by atoms with Gasteiger partial charge in [-0.1, -0.05) is 27.6 Å². The van der Waals surface area contributed by atoms with Gasteiger partial charge in [-0.15, -0.1) is 0 Å². The van der Waals surface area contributed by atoms with Gasteiger partial charge in [0, 0.05) is 16.1 Å². The molecule has 5 nitrogen and oxygen atoms in total. The lowest BCUT2D eigenvalue weighted by atomic mass is 10.1. The molecule has 0 aliphatic carbocycles. The number of nitrogens with zero attached hydrogens (tertiary/aromatic N) is 2. The molecule has 29 heavy (non-hydrogen) atoms. The minimum absolute atomic E-state index is 0.0498. The van der Waals surface area contributed by atoms with E-state index in [1.165, 1.54) is 12.1 Å². The molecule has 10 heteroatoms. The Kier molecular flexibility index (Phi) is 7.00. The molecule has 0 heterocycles. The van der Waals surface area contributed by atoms with Crippen LogP contribution >= 0.6 is 15.9 Å². The number of hydrogen-bond acceptors (Lipinski definition) is 4. The van der Waals surface area contributed by atoms with Crippen LogP contribution in [-0.2, 0) is 10.0 Å². The predicted molar refractivity (Wildman–Crippen MR) is 114 cm³/mol. The van der Waals surface area contributed by atoms with Gasteiger partial charge in [-0.25, -0.2) is 0 Å². The van der Waals surface area contributed by atoms with Gasteiger partial charge >= 0.3 is 15.5 Å². The van der Waals surface area contributed by atoms with Gasteiger partial charge in [0.05, 0.1) is 17.1 Å². The van der Waals surface area contributed by atoms with Gasteiger partial charge < -0.3 is 0 Å². The average molecular weight is 492 g/mol. The highest BCUT2D eigenvalue weighted by atomic mass is 79.9. The monoisotopic (exact) mass is 491 g/mol. The number of anilines is 2. The fourth-order valence-corrected chi connectivity index (χ4v) is 3.38. The number of aryl methyl sites for hydroxylation is 1. The predicted octanol–water partition coefficient (Wildman–Crippen LogP) is 5.66. The summed E-state index contributed by atoms with van der Waals surface area (Å²) in [6, 6.07) is 11.8. The van der Waals surface area contributed by atoms with Gasteiger partial charge in [0.15, 0.2) is 0 Å². The zero-order chi connectivity index (χ0) is 22.0. The molecule has 0 atom stereocenters. The van der Waals surface area contributed by atoms with Crippen LogP contribution < -0.4 is 9.73 Å². The van der Waals surface area contributed by atoms with Crippen LogP contribution in [0.5, 0.6) is 0 Å². The molecule has 0 bridgehead atoms. The summed E-state index contributed by atoms with van der Waals surface area (Å²) in [4.78, 5) is 0. The summed E-state index contributed by atoms with van der Waals surface area (Å²) >= 11 is 3.37. The Morgan fingerprint density at radius 3 is 2.24 bits per heavy atom. The maximum Gasteiger partial charge on any atom is 0.516 e. The zero-order valence-electron chi connectivity index (χ0n) is 16.2. The molecule has 0 fully saturated rings. The number of alkyl halides is 3. The fraction of sp³-hybridized carbons (Fsp3) is 0.316. The molecule has 2 aromatic carbocycles. The van der Waals surface area contributed by atoms with Crippen molar-refractivity contribution in [2.24, 2.45) is 5.10 Å². The van der Waals surface area contributed by atoms with Crippen molar-refractivity contribution in [1.29, 1.82) is 0 Å². The third kappa shape index (κ3) is 5.72. The third-order valence-electron chi connectivity index (χ3n) is 3.95. The van der Waals surface area contributed by atoms with E-state index >= 15 is 0 Å². The molecule has 2 aromatic rings. The smallest absolute Gasteiger partial charge is 0.275 e. The molecule has 0 aromatic heterocycles. The van der Waals surface area contributed by atoms with Crippen LogP contribution in [0.4, 0.5) is 24.5 Å². The number of halogens is 4. The van der Waals surface area contributed by atoms with E-state index in [1.54, 1.807) is 29.6 Å². The summed E-state index contributed by atoms with van der Waals surface area (Å²) < 4.78 is 64.1. The van der Waals surface area contributed by atoms with Crippen LogP contribution in [0.1, 0.15) is 31.9 Å². The molecule has 0 saturated carbocycles. The average Bonchev–Trinajstić information content (AvgIpc) is 2.60. The first-order valence-corrected chi connectivity index (χ1v) is 10.9. The second kappa shape index (κ2) is 8.74. The van der Waals surface area contributed by atoms with Crippen molar-refractivity contribution in [3.05, 3.63) is 58.1 Å². The SMILES string of the molecule is C/C(=N\N(c1ccc(Br)cc1)C(C)C)c1cc(C)ccc1NS(=O)(=O)C(F)(F)F. The normalized spacial score (nSPS) is 12.9. The van der Waals surface area contributed by atoms with Crippen LogP contribution in [0.25, 0.3) is 0 Å². The van der Waals surface area contributed by atoms with E-state index in [-0.39, 0.29) is 17.3 Å². The fourth-order valence-electron chi connectivity index (χ4n) is 2.53. The highest BCUT2D eigenvalue weighted by molar-refractivity contribution is 9.10. The lowest BCUT2D eigenvalue weighted by molar-refractivity contribution is -0.0429. The summed E-state index contributed by atoms with van der Waals surface area (Å²) in [7, 11) is -5.55. The maximum atomic E-state index is 12.8. The molecule has 0 amide bonds. The molecule has 0 radical (unpaired) electrons. The molecular weight excluding hydrogens is 471 g/mol. The largest absolute Gasteiger partial charge is 0.516 e. The summed E-state index contributed by atoms with van der Waals surface area (Å²) in [6.07, 6.45) is 0. The maximum absolute atomic E-state index is 12.8. The van der Waals surface area contributed by atoms with Crippen LogP contribution in [0.3, 0.4) is 0 Å². The third-order valence-corrected chi connectivity index (χ3v) is 5.58. The Bertz CT molecular complexity index is 1000. The van der Waals surface area contributed by atoms with Crippen molar-refractivity contribution in [2.45, 2.75) is 39.2 Å². The summed E-state index contributed by atoms with van der Waals surface area (Å²) in [5.41, 5.74) is -3.43. The molecular formula is C19H21BrF3N3O2S. The molecule has 0 aliphatic rings. The van der Waals surface area contributed by atoms with E-state index in [1.807, 2.05) is 38.1 Å². The summed E-state index contributed by atoms with van der Waals surface area (Å²) in [6.45, 7) is 7.22. The number of rotatable bonds is 6. The topological polar surface area (TPSA) is 61.8 Å². The number of hydrogen-bond donors (Lipinski definition) is 1. The van der Waals surface area contributed by atoms with Gasteiger partial charge in [0.2, 0.25) is 0 Å². The second-order valence-electron chi connectivity index (χ2n) is 6.70. The molecule has 0 aliphatic heterocycles. The van der Waals surface area contributed by atoms with E-state index < -0.39 is 15.5 Å². The van der Waals surface area contributed by atoms with Crippen LogP contribution in [0.15, 0.2) is 52.0 Å². The van der Waals surface area contributed by atoms with Crippen LogP contribution in [-0.4, -0.2) is 25.7 Å².